The summed E-state index contributed by atoms with van der Waals surface area (Å²) in [7, 11) is 0. The zero-order valence-corrected chi connectivity index (χ0v) is 14.6. The van der Waals surface area contributed by atoms with Gasteiger partial charge < -0.3 is 10.4 Å². The summed E-state index contributed by atoms with van der Waals surface area (Å²) in [5.74, 6) is -0.188. The van der Waals surface area contributed by atoms with Crippen LogP contribution in [0.2, 0.25) is 5.02 Å². The highest BCUT2D eigenvalue weighted by molar-refractivity contribution is 6.31. The normalized spacial score (nSPS) is 12.0. The molecule has 0 aliphatic heterocycles. The first-order valence-electron chi connectivity index (χ1n) is 7.82. The van der Waals surface area contributed by atoms with Crippen LogP contribution in [0, 0.1) is 6.92 Å². The number of anilines is 1. The van der Waals surface area contributed by atoms with Gasteiger partial charge in [-0.3, -0.25) is 9.89 Å². The molecular weight excluding hydrogens is 338 g/mol. The van der Waals surface area contributed by atoms with Crippen LogP contribution in [-0.4, -0.2) is 21.1 Å². The van der Waals surface area contributed by atoms with Gasteiger partial charge in [-0.25, -0.2) is 0 Å². The molecule has 3 aromatic rings. The Bertz CT molecular complexity index is 907. The van der Waals surface area contributed by atoms with Crippen LogP contribution in [0.25, 0.3) is 0 Å². The van der Waals surface area contributed by atoms with Gasteiger partial charge in [-0.1, -0.05) is 29.8 Å². The molecule has 0 bridgehead atoms. The first-order chi connectivity index (χ1) is 12.0. The molecular formula is C19H18ClN3O2. The summed E-state index contributed by atoms with van der Waals surface area (Å²) >= 11 is 6.38. The number of aromatic hydroxyl groups is 1. The van der Waals surface area contributed by atoms with Gasteiger partial charge in [0.15, 0.2) is 5.78 Å². The quantitative estimate of drug-likeness (QED) is 0.589. The van der Waals surface area contributed by atoms with E-state index >= 15 is 0 Å². The molecule has 1 heterocycles. The van der Waals surface area contributed by atoms with Crippen molar-refractivity contribution < 1.29 is 9.90 Å². The van der Waals surface area contributed by atoms with Crippen molar-refractivity contribution in [3.8, 4) is 5.75 Å². The molecule has 3 rings (SSSR count). The first kappa shape index (κ1) is 17.0. The topological polar surface area (TPSA) is 78.0 Å². The summed E-state index contributed by atoms with van der Waals surface area (Å²) in [6, 6.07) is 10.7. The van der Waals surface area contributed by atoms with E-state index in [4.69, 9.17) is 11.6 Å². The van der Waals surface area contributed by atoms with E-state index < -0.39 is 0 Å². The Hall–Kier alpha value is -2.79. The summed E-state index contributed by atoms with van der Waals surface area (Å²) in [6.45, 7) is 3.20. The number of benzene rings is 2. The Labute approximate surface area is 150 Å². The minimum atomic E-state index is -0.256. The summed E-state index contributed by atoms with van der Waals surface area (Å²) in [6.07, 6.45) is 3.51. The predicted octanol–water partition coefficient (Wildman–Crippen LogP) is 4.48. The molecule has 0 saturated heterocycles. The third-order valence-corrected chi connectivity index (χ3v) is 4.52. The Morgan fingerprint density at radius 2 is 2.04 bits per heavy atom. The van der Waals surface area contributed by atoms with E-state index in [2.05, 4.69) is 15.5 Å². The summed E-state index contributed by atoms with van der Waals surface area (Å²) in [4.78, 5) is 11.6. The van der Waals surface area contributed by atoms with Crippen molar-refractivity contribution in [2.75, 3.05) is 5.32 Å². The highest BCUT2D eigenvalue weighted by atomic mass is 35.5. The highest BCUT2D eigenvalue weighted by Gasteiger charge is 2.20. The van der Waals surface area contributed by atoms with Gasteiger partial charge in [-0.05, 0) is 37.6 Å². The van der Waals surface area contributed by atoms with Crippen molar-refractivity contribution in [2.45, 2.75) is 19.9 Å². The van der Waals surface area contributed by atoms with Crippen LogP contribution >= 0.6 is 11.6 Å². The number of halogens is 1. The fourth-order valence-corrected chi connectivity index (χ4v) is 3.01. The molecule has 2 aromatic carbocycles. The molecule has 6 heteroatoms. The molecule has 0 amide bonds. The Balaban J connectivity index is 2.04. The minimum Gasteiger partial charge on any atom is -0.507 e. The molecule has 1 aromatic heterocycles. The number of hydrogen-bond donors (Lipinski definition) is 3. The van der Waals surface area contributed by atoms with Crippen LogP contribution in [0.4, 0.5) is 5.69 Å². The number of phenolic OH excluding ortho intramolecular Hbond substituents is 1. The van der Waals surface area contributed by atoms with Gasteiger partial charge in [0.2, 0.25) is 0 Å². The maximum atomic E-state index is 11.6. The number of nitrogens with one attached hydrogen (secondary N) is 2. The zero-order chi connectivity index (χ0) is 18.0. The Kier molecular flexibility index (Phi) is 4.76. The van der Waals surface area contributed by atoms with E-state index in [1.807, 2.05) is 24.3 Å². The molecule has 1 unspecified atom stereocenters. The number of carbonyl (C=O) groups is 1. The summed E-state index contributed by atoms with van der Waals surface area (Å²) in [5, 5.41) is 21.2. The number of ketones is 1. The number of H-pyrrole nitrogens is 1. The number of aromatic amines is 1. The van der Waals surface area contributed by atoms with Gasteiger partial charge in [0.25, 0.3) is 0 Å². The second kappa shape index (κ2) is 6.99. The number of nitrogens with zero attached hydrogens (tertiary/aromatic N) is 1. The number of carbonyl (C=O) groups excluding carboxylic acids is 1. The second-order valence-corrected chi connectivity index (χ2v) is 6.23. The van der Waals surface area contributed by atoms with Crippen LogP contribution in [-0.2, 0) is 0 Å². The standard InChI is InChI=1S/C19H18ClN3O2/c1-11-17(8-7-14(12(2)24)19(11)25)23-18(13-9-21-22-10-13)15-5-3-4-6-16(15)20/h3-10,18,23,25H,1-2H3,(H,21,22). The van der Waals surface area contributed by atoms with Gasteiger partial charge in [0, 0.05) is 28.0 Å². The average molecular weight is 356 g/mol. The molecule has 0 saturated carbocycles. The van der Waals surface area contributed by atoms with Crippen molar-refractivity contribution in [3.63, 3.8) is 0 Å². The largest absolute Gasteiger partial charge is 0.507 e. The van der Waals surface area contributed by atoms with Crippen LogP contribution in [0.1, 0.15) is 40.0 Å². The molecule has 128 valence electrons. The van der Waals surface area contributed by atoms with Crippen LogP contribution in [0.3, 0.4) is 0 Å². The van der Waals surface area contributed by atoms with Gasteiger partial charge >= 0.3 is 0 Å². The molecule has 0 aliphatic rings. The lowest BCUT2D eigenvalue weighted by atomic mass is 9.99. The number of phenols is 1. The van der Waals surface area contributed by atoms with Gasteiger partial charge in [-0.15, -0.1) is 0 Å². The van der Waals surface area contributed by atoms with E-state index in [0.29, 0.717) is 21.8 Å². The van der Waals surface area contributed by atoms with E-state index in [1.165, 1.54) is 6.92 Å². The number of rotatable bonds is 5. The number of hydrogen-bond acceptors (Lipinski definition) is 4. The Morgan fingerprint density at radius 1 is 1.28 bits per heavy atom. The third-order valence-electron chi connectivity index (χ3n) is 4.18. The fourth-order valence-electron chi connectivity index (χ4n) is 2.76. The maximum absolute atomic E-state index is 11.6. The Morgan fingerprint density at radius 3 is 2.68 bits per heavy atom. The van der Waals surface area contributed by atoms with Crippen molar-refractivity contribution >= 4 is 23.1 Å². The van der Waals surface area contributed by atoms with E-state index in [9.17, 15) is 9.90 Å². The predicted molar refractivity (Wildman–Crippen MR) is 98.4 cm³/mol. The van der Waals surface area contributed by atoms with E-state index in [1.54, 1.807) is 31.5 Å². The molecule has 0 spiro atoms. The van der Waals surface area contributed by atoms with Crippen molar-refractivity contribution in [1.82, 2.24) is 10.2 Å². The van der Waals surface area contributed by atoms with Gasteiger partial charge in [0.05, 0.1) is 17.8 Å². The van der Waals surface area contributed by atoms with E-state index in [0.717, 1.165) is 11.1 Å². The van der Waals surface area contributed by atoms with Crippen LogP contribution < -0.4 is 5.32 Å². The third kappa shape index (κ3) is 3.37. The zero-order valence-electron chi connectivity index (χ0n) is 13.9. The SMILES string of the molecule is CC(=O)c1ccc(NC(c2cn[nH]c2)c2ccccc2Cl)c(C)c1O. The number of Topliss-reactive ketones (excluding diaryl/α,β-unsaturated/α-hetero) is 1. The van der Waals surface area contributed by atoms with Crippen LogP contribution in [0.15, 0.2) is 48.8 Å². The molecule has 0 fully saturated rings. The summed E-state index contributed by atoms with van der Waals surface area (Å²) < 4.78 is 0. The van der Waals surface area contributed by atoms with Gasteiger partial charge in [-0.2, -0.15) is 5.10 Å². The second-order valence-electron chi connectivity index (χ2n) is 5.82. The van der Waals surface area contributed by atoms with E-state index in [-0.39, 0.29) is 17.6 Å². The maximum Gasteiger partial charge on any atom is 0.163 e. The minimum absolute atomic E-state index is 0.0115. The lowest BCUT2D eigenvalue weighted by Crippen LogP contribution is -2.13. The number of aromatic nitrogens is 2. The smallest absolute Gasteiger partial charge is 0.163 e. The molecule has 0 radical (unpaired) electrons. The first-order valence-corrected chi connectivity index (χ1v) is 8.20. The molecule has 0 aliphatic carbocycles. The summed E-state index contributed by atoms with van der Waals surface area (Å²) in [5.41, 5.74) is 3.42. The fraction of sp³-hybridized carbons (Fsp3) is 0.158. The van der Waals surface area contributed by atoms with Crippen molar-refractivity contribution in [1.29, 1.82) is 0 Å². The monoisotopic (exact) mass is 355 g/mol. The highest BCUT2D eigenvalue weighted by Crippen LogP contribution is 2.35. The molecule has 1 atom stereocenters. The molecule has 5 nitrogen and oxygen atoms in total. The van der Waals surface area contributed by atoms with Crippen molar-refractivity contribution in [2.24, 2.45) is 0 Å². The lowest BCUT2D eigenvalue weighted by Gasteiger charge is -2.22. The molecule has 25 heavy (non-hydrogen) atoms. The molecule has 3 N–H and O–H groups in total. The van der Waals surface area contributed by atoms with Crippen LogP contribution in [0.5, 0.6) is 5.75 Å². The average Bonchev–Trinajstić information content (AvgIpc) is 3.11. The lowest BCUT2D eigenvalue weighted by molar-refractivity contribution is 0.101. The van der Waals surface area contributed by atoms with Gasteiger partial charge in [0.1, 0.15) is 5.75 Å². The van der Waals surface area contributed by atoms with Crippen molar-refractivity contribution in [3.05, 3.63) is 76.1 Å².